The zero-order chi connectivity index (χ0) is 13.7. The summed E-state index contributed by atoms with van der Waals surface area (Å²) in [5.74, 6) is -0.348. The molecule has 2 rings (SSSR count). The normalized spacial score (nSPS) is 10.2. The fourth-order valence-corrected chi connectivity index (χ4v) is 2.25. The lowest BCUT2D eigenvalue weighted by molar-refractivity contribution is 0.262. The van der Waals surface area contributed by atoms with Crippen molar-refractivity contribution in [3.05, 3.63) is 35.1 Å². The number of urea groups is 1. The van der Waals surface area contributed by atoms with E-state index in [1.54, 1.807) is 0 Å². The Morgan fingerprint density at radius 3 is 2.68 bits per heavy atom. The second-order valence-electron chi connectivity index (χ2n) is 3.84. The van der Waals surface area contributed by atoms with Gasteiger partial charge in [0.15, 0.2) is 0 Å². The van der Waals surface area contributed by atoms with Crippen molar-refractivity contribution in [2.75, 3.05) is 10.6 Å². The average Bonchev–Trinajstić information content (AvgIpc) is 2.80. The number of benzene rings is 1. The first kappa shape index (κ1) is 13.4. The van der Waals surface area contributed by atoms with E-state index in [-0.39, 0.29) is 5.82 Å². The van der Waals surface area contributed by atoms with E-state index < -0.39 is 6.03 Å². The van der Waals surface area contributed by atoms with Crippen LogP contribution in [0.4, 0.5) is 20.0 Å². The number of carbonyl (C=O) groups is 1. The molecule has 19 heavy (non-hydrogen) atoms. The maximum absolute atomic E-state index is 12.7. The van der Waals surface area contributed by atoms with Gasteiger partial charge in [-0.2, -0.15) is 0 Å². The number of aryl methyl sites for hydroxylation is 1. The van der Waals surface area contributed by atoms with Crippen LogP contribution in [-0.4, -0.2) is 16.2 Å². The lowest BCUT2D eigenvalue weighted by Crippen LogP contribution is -2.19. The molecule has 0 saturated carbocycles. The van der Waals surface area contributed by atoms with Crippen LogP contribution in [-0.2, 0) is 6.42 Å². The Bertz CT molecular complexity index is 555. The molecule has 0 radical (unpaired) electrons. The van der Waals surface area contributed by atoms with Gasteiger partial charge in [-0.15, -0.1) is 10.2 Å². The van der Waals surface area contributed by atoms with Crippen LogP contribution in [0, 0.1) is 5.82 Å². The third-order valence-corrected chi connectivity index (χ3v) is 3.15. The quantitative estimate of drug-likeness (QED) is 0.903. The van der Waals surface area contributed by atoms with Gasteiger partial charge in [0.1, 0.15) is 10.8 Å². The van der Waals surface area contributed by atoms with E-state index >= 15 is 0 Å². The summed E-state index contributed by atoms with van der Waals surface area (Å²) in [6.07, 6.45) is 1.83. The van der Waals surface area contributed by atoms with Crippen LogP contribution in [0.3, 0.4) is 0 Å². The summed E-state index contributed by atoms with van der Waals surface area (Å²) in [7, 11) is 0. The molecule has 5 nitrogen and oxygen atoms in total. The van der Waals surface area contributed by atoms with E-state index in [2.05, 4.69) is 27.8 Å². The monoisotopic (exact) mass is 280 g/mol. The van der Waals surface area contributed by atoms with Gasteiger partial charge in [0.25, 0.3) is 0 Å². The molecule has 100 valence electrons. The number of anilines is 2. The number of amides is 2. The fraction of sp³-hybridized carbons (Fsp3) is 0.250. The molecule has 1 aromatic heterocycles. The third-order valence-electron chi connectivity index (χ3n) is 2.25. The van der Waals surface area contributed by atoms with E-state index in [1.165, 1.54) is 35.6 Å². The number of nitrogens with zero attached hydrogens (tertiary/aromatic N) is 2. The van der Waals surface area contributed by atoms with Crippen molar-refractivity contribution in [2.24, 2.45) is 0 Å². The predicted octanol–water partition coefficient (Wildman–Crippen LogP) is 3.27. The molecule has 0 fully saturated rings. The first-order valence-corrected chi connectivity index (χ1v) is 6.65. The van der Waals surface area contributed by atoms with Crippen molar-refractivity contribution < 1.29 is 9.18 Å². The molecular weight excluding hydrogens is 267 g/mol. The average molecular weight is 280 g/mol. The Morgan fingerprint density at radius 2 is 2.00 bits per heavy atom. The number of carbonyl (C=O) groups excluding carboxylic acids is 1. The highest BCUT2D eigenvalue weighted by Crippen LogP contribution is 2.17. The molecule has 0 atom stereocenters. The number of halogens is 1. The predicted molar refractivity (Wildman–Crippen MR) is 72.9 cm³/mol. The minimum Gasteiger partial charge on any atom is -0.308 e. The molecule has 1 aromatic carbocycles. The molecule has 7 heteroatoms. The van der Waals surface area contributed by atoms with E-state index in [9.17, 15) is 9.18 Å². The summed E-state index contributed by atoms with van der Waals surface area (Å²) in [4.78, 5) is 11.7. The zero-order valence-electron chi connectivity index (χ0n) is 10.3. The fourth-order valence-electron chi connectivity index (χ4n) is 1.41. The lowest BCUT2D eigenvalue weighted by Gasteiger charge is -2.04. The van der Waals surface area contributed by atoms with Gasteiger partial charge in [-0.05, 0) is 30.7 Å². The number of hydrogen-bond donors (Lipinski definition) is 2. The molecule has 0 saturated heterocycles. The Morgan fingerprint density at radius 1 is 1.26 bits per heavy atom. The van der Waals surface area contributed by atoms with Crippen LogP contribution in [0.1, 0.15) is 18.4 Å². The minimum atomic E-state index is -0.425. The van der Waals surface area contributed by atoms with Crippen LogP contribution >= 0.6 is 11.3 Å². The van der Waals surface area contributed by atoms with Crippen LogP contribution in [0.25, 0.3) is 0 Å². The Balaban J connectivity index is 1.91. The van der Waals surface area contributed by atoms with Gasteiger partial charge in [0, 0.05) is 12.1 Å². The van der Waals surface area contributed by atoms with E-state index in [4.69, 9.17) is 0 Å². The topological polar surface area (TPSA) is 66.9 Å². The summed E-state index contributed by atoms with van der Waals surface area (Å²) in [5.41, 5.74) is 0.511. The summed E-state index contributed by atoms with van der Waals surface area (Å²) in [6, 6.07) is 5.10. The highest BCUT2D eigenvalue weighted by molar-refractivity contribution is 7.15. The summed E-state index contributed by atoms with van der Waals surface area (Å²) < 4.78 is 12.7. The van der Waals surface area contributed by atoms with Crippen LogP contribution < -0.4 is 10.6 Å². The Hall–Kier alpha value is -2.02. The molecule has 0 spiro atoms. The lowest BCUT2D eigenvalue weighted by atomic mass is 10.3. The Kier molecular flexibility index (Phi) is 4.40. The number of nitrogens with one attached hydrogen (secondary N) is 2. The summed E-state index contributed by atoms with van der Waals surface area (Å²) in [6.45, 7) is 2.05. The summed E-state index contributed by atoms with van der Waals surface area (Å²) >= 11 is 1.34. The molecule has 0 aliphatic rings. The standard InChI is InChI=1S/C12H13FN4OS/c1-2-3-10-16-17-12(19-10)15-11(18)14-9-6-4-8(13)5-7-9/h4-7H,2-3H2,1H3,(H2,14,15,17,18). The molecular formula is C12H13FN4OS. The van der Waals surface area contributed by atoms with Gasteiger partial charge in [0.05, 0.1) is 0 Å². The molecule has 0 aliphatic heterocycles. The van der Waals surface area contributed by atoms with E-state index in [0.29, 0.717) is 10.8 Å². The van der Waals surface area contributed by atoms with Crippen molar-refractivity contribution in [1.82, 2.24) is 10.2 Å². The van der Waals surface area contributed by atoms with Crippen molar-refractivity contribution >= 4 is 28.2 Å². The second-order valence-corrected chi connectivity index (χ2v) is 4.90. The van der Waals surface area contributed by atoms with Crippen LogP contribution in [0.15, 0.2) is 24.3 Å². The minimum absolute atomic E-state index is 0.348. The molecule has 0 aliphatic carbocycles. The number of aromatic nitrogens is 2. The highest BCUT2D eigenvalue weighted by atomic mass is 32.1. The van der Waals surface area contributed by atoms with E-state index in [0.717, 1.165) is 17.8 Å². The van der Waals surface area contributed by atoms with Gasteiger partial charge in [0.2, 0.25) is 5.13 Å². The van der Waals surface area contributed by atoms with Gasteiger partial charge < -0.3 is 5.32 Å². The van der Waals surface area contributed by atoms with Gasteiger partial charge in [-0.1, -0.05) is 18.3 Å². The van der Waals surface area contributed by atoms with Crippen molar-refractivity contribution in [1.29, 1.82) is 0 Å². The molecule has 2 aromatic rings. The zero-order valence-corrected chi connectivity index (χ0v) is 11.1. The van der Waals surface area contributed by atoms with Crippen LogP contribution in [0.2, 0.25) is 0 Å². The molecule has 2 N–H and O–H groups in total. The first-order chi connectivity index (χ1) is 9.17. The summed E-state index contributed by atoms with van der Waals surface area (Å²) in [5, 5.41) is 14.3. The Labute approximate surface area is 113 Å². The number of rotatable bonds is 4. The van der Waals surface area contributed by atoms with Gasteiger partial charge >= 0.3 is 6.03 Å². The highest BCUT2D eigenvalue weighted by Gasteiger charge is 2.07. The maximum Gasteiger partial charge on any atom is 0.325 e. The maximum atomic E-state index is 12.7. The first-order valence-electron chi connectivity index (χ1n) is 5.83. The van der Waals surface area contributed by atoms with Gasteiger partial charge in [-0.25, -0.2) is 9.18 Å². The van der Waals surface area contributed by atoms with Crippen molar-refractivity contribution in [2.45, 2.75) is 19.8 Å². The SMILES string of the molecule is CCCc1nnc(NC(=O)Nc2ccc(F)cc2)s1. The smallest absolute Gasteiger partial charge is 0.308 e. The van der Waals surface area contributed by atoms with Crippen molar-refractivity contribution in [3.8, 4) is 0 Å². The molecule has 0 bridgehead atoms. The third kappa shape index (κ3) is 3.99. The largest absolute Gasteiger partial charge is 0.325 e. The molecule has 0 unspecified atom stereocenters. The van der Waals surface area contributed by atoms with Crippen molar-refractivity contribution in [3.63, 3.8) is 0 Å². The second kappa shape index (κ2) is 6.24. The molecule has 2 amide bonds. The van der Waals surface area contributed by atoms with Crippen LogP contribution in [0.5, 0.6) is 0 Å². The van der Waals surface area contributed by atoms with Gasteiger partial charge in [-0.3, -0.25) is 5.32 Å². The molecule has 1 heterocycles. The number of hydrogen-bond acceptors (Lipinski definition) is 4. The van der Waals surface area contributed by atoms with E-state index in [1.807, 2.05) is 0 Å².